The van der Waals surface area contributed by atoms with E-state index < -0.39 is 6.43 Å². The number of rotatable bonds is 1. The van der Waals surface area contributed by atoms with Gasteiger partial charge >= 0.3 is 0 Å². The van der Waals surface area contributed by atoms with Crippen LogP contribution in [-0.2, 0) is 0 Å². The molecule has 0 radical (unpaired) electrons. The Kier molecular flexibility index (Phi) is 2.58. The van der Waals surface area contributed by atoms with Crippen molar-refractivity contribution in [2.45, 2.75) is 6.43 Å². The van der Waals surface area contributed by atoms with Crippen molar-refractivity contribution >= 4 is 28.3 Å². The largest absolute Gasteiger partial charge is 0.398 e. The molecule has 11 heavy (non-hydrogen) atoms. The molecule has 1 heterocycles. The van der Waals surface area contributed by atoms with E-state index in [1.54, 1.807) is 22.6 Å². The normalized spacial score (nSPS) is 10.5. The van der Waals surface area contributed by atoms with Crippen LogP contribution in [0.1, 0.15) is 12.0 Å². The third-order valence-electron chi connectivity index (χ3n) is 1.19. The molecule has 0 aliphatic carbocycles. The van der Waals surface area contributed by atoms with E-state index in [4.69, 9.17) is 5.73 Å². The first-order chi connectivity index (χ1) is 5.13. The van der Waals surface area contributed by atoms with Gasteiger partial charge in [-0.3, -0.25) is 0 Å². The first-order valence-corrected chi connectivity index (χ1v) is 3.89. The maximum atomic E-state index is 12.2. The molecule has 5 heteroatoms. The Morgan fingerprint density at radius 1 is 1.55 bits per heavy atom. The third kappa shape index (κ3) is 1.76. The minimum Gasteiger partial charge on any atom is -0.398 e. The summed E-state index contributed by atoms with van der Waals surface area (Å²) in [7, 11) is 0. The minimum atomic E-state index is -2.55. The number of nitrogens with two attached hydrogens (primary N) is 1. The molecule has 0 aliphatic heterocycles. The average Bonchev–Trinajstić information content (AvgIpc) is 1.85. The predicted molar refractivity (Wildman–Crippen MR) is 46.3 cm³/mol. The highest BCUT2D eigenvalue weighted by Gasteiger charge is 2.15. The minimum absolute atomic E-state index is 0.0967. The standard InChI is InChI=1S/C6H5F2IN2/c7-5(8)4-3(10)1-2-11-6(4)9/h1-2,5H,(H2,10,11). The molecule has 0 aromatic carbocycles. The van der Waals surface area contributed by atoms with Gasteiger partial charge < -0.3 is 5.73 Å². The van der Waals surface area contributed by atoms with E-state index in [1.807, 2.05) is 0 Å². The summed E-state index contributed by atoms with van der Waals surface area (Å²) >= 11 is 1.73. The summed E-state index contributed by atoms with van der Waals surface area (Å²) in [5.74, 6) is 0. The van der Waals surface area contributed by atoms with Crippen LogP contribution in [0.5, 0.6) is 0 Å². The highest BCUT2D eigenvalue weighted by molar-refractivity contribution is 14.1. The highest BCUT2D eigenvalue weighted by atomic mass is 127. The fraction of sp³-hybridized carbons (Fsp3) is 0.167. The second-order valence-electron chi connectivity index (χ2n) is 1.91. The van der Waals surface area contributed by atoms with Crippen LogP contribution >= 0.6 is 22.6 Å². The number of nitrogen functional groups attached to an aromatic ring is 1. The second-order valence-corrected chi connectivity index (χ2v) is 2.93. The Balaban J connectivity index is 3.21. The summed E-state index contributed by atoms with van der Waals surface area (Å²) in [6.07, 6.45) is -1.14. The van der Waals surface area contributed by atoms with Gasteiger partial charge in [0.05, 0.1) is 5.56 Å². The summed E-state index contributed by atoms with van der Waals surface area (Å²) in [5.41, 5.74) is 5.22. The van der Waals surface area contributed by atoms with Crippen LogP contribution < -0.4 is 5.73 Å². The van der Waals surface area contributed by atoms with Crippen molar-refractivity contribution in [1.82, 2.24) is 4.98 Å². The third-order valence-corrected chi connectivity index (χ3v) is 2.05. The van der Waals surface area contributed by atoms with E-state index in [0.29, 0.717) is 0 Å². The van der Waals surface area contributed by atoms with Crippen LogP contribution in [0.4, 0.5) is 14.5 Å². The number of anilines is 1. The number of hydrogen-bond acceptors (Lipinski definition) is 2. The van der Waals surface area contributed by atoms with Crippen molar-refractivity contribution in [2.75, 3.05) is 5.73 Å². The van der Waals surface area contributed by atoms with E-state index in [0.717, 1.165) is 0 Å². The maximum Gasteiger partial charge on any atom is 0.268 e. The lowest BCUT2D eigenvalue weighted by molar-refractivity contribution is 0.151. The molecule has 1 rings (SSSR count). The van der Waals surface area contributed by atoms with Crippen LogP contribution in [0.2, 0.25) is 0 Å². The molecule has 0 bridgehead atoms. The van der Waals surface area contributed by atoms with Crippen LogP contribution in [0.25, 0.3) is 0 Å². The van der Waals surface area contributed by atoms with Crippen molar-refractivity contribution in [3.8, 4) is 0 Å². The van der Waals surface area contributed by atoms with Gasteiger partial charge in [-0.2, -0.15) is 0 Å². The Morgan fingerprint density at radius 3 is 2.55 bits per heavy atom. The number of nitrogens with zero attached hydrogens (tertiary/aromatic N) is 1. The number of hydrogen-bond donors (Lipinski definition) is 1. The van der Waals surface area contributed by atoms with Crippen molar-refractivity contribution < 1.29 is 8.78 Å². The van der Waals surface area contributed by atoms with Crippen LogP contribution in [0.3, 0.4) is 0 Å². The van der Waals surface area contributed by atoms with Gasteiger partial charge in [0.15, 0.2) is 0 Å². The number of pyridine rings is 1. The molecular formula is C6H5F2IN2. The van der Waals surface area contributed by atoms with E-state index in [2.05, 4.69) is 4.98 Å². The molecule has 0 fully saturated rings. The molecule has 0 aliphatic rings. The van der Waals surface area contributed by atoms with Crippen LogP contribution in [-0.4, -0.2) is 4.98 Å². The van der Waals surface area contributed by atoms with Gasteiger partial charge in [-0.15, -0.1) is 0 Å². The van der Waals surface area contributed by atoms with Gasteiger partial charge in [-0.1, -0.05) is 0 Å². The number of halogens is 3. The molecule has 60 valence electrons. The van der Waals surface area contributed by atoms with Gasteiger partial charge in [-0.25, -0.2) is 13.8 Å². The summed E-state index contributed by atoms with van der Waals surface area (Å²) < 4.78 is 24.6. The lowest BCUT2D eigenvalue weighted by Gasteiger charge is -2.04. The van der Waals surface area contributed by atoms with Gasteiger partial charge in [0.2, 0.25) is 0 Å². The van der Waals surface area contributed by atoms with Crippen molar-refractivity contribution in [2.24, 2.45) is 0 Å². The van der Waals surface area contributed by atoms with Gasteiger partial charge in [0.1, 0.15) is 3.70 Å². The monoisotopic (exact) mass is 270 g/mol. The van der Waals surface area contributed by atoms with E-state index >= 15 is 0 Å². The van der Waals surface area contributed by atoms with E-state index in [9.17, 15) is 8.78 Å². The molecule has 1 aromatic heterocycles. The molecule has 0 saturated heterocycles. The molecule has 2 N–H and O–H groups in total. The molecule has 1 aromatic rings. The van der Waals surface area contributed by atoms with E-state index in [-0.39, 0.29) is 15.0 Å². The van der Waals surface area contributed by atoms with Gasteiger partial charge in [0, 0.05) is 11.9 Å². The quantitative estimate of drug-likeness (QED) is 0.627. The average molecular weight is 270 g/mol. The zero-order valence-electron chi connectivity index (χ0n) is 5.39. The molecule has 2 nitrogen and oxygen atoms in total. The zero-order chi connectivity index (χ0) is 8.43. The fourth-order valence-electron chi connectivity index (χ4n) is 0.677. The summed E-state index contributed by atoms with van der Waals surface area (Å²) in [4.78, 5) is 3.69. The second kappa shape index (κ2) is 3.29. The van der Waals surface area contributed by atoms with Crippen LogP contribution in [0.15, 0.2) is 12.3 Å². The fourth-order valence-corrected chi connectivity index (χ4v) is 1.39. The molecule has 0 amide bonds. The van der Waals surface area contributed by atoms with Crippen molar-refractivity contribution in [3.63, 3.8) is 0 Å². The van der Waals surface area contributed by atoms with Crippen molar-refractivity contribution in [1.29, 1.82) is 0 Å². The maximum absolute atomic E-state index is 12.2. The lowest BCUT2D eigenvalue weighted by atomic mass is 10.2. The predicted octanol–water partition coefficient (Wildman–Crippen LogP) is 2.21. The Bertz CT molecular complexity index is 245. The first kappa shape index (κ1) is 8.63. The Morgan fingerprint density at radius 2 is 2.18 bits per heavy atom. The number of alkyl halides is 2. The van der Waals surface area contributed by atoms with Crippen molar-refractivity contribution in [3.05, 3.63) is 21.5 Å². The van der Waals surface area contributed by atoms with Crippen LogP contribution in [0, 0.1) is 3.70 Å². The Labute approximate surface area is 75.9 Å². The summed E-state index contributed by atoms with van der Waals surface area (Å²) in [6, 6.07) is 1.36. The zero-order valence-corrected chi connectivity index (χ0v) is 7.55. The summed E-state index contributed by atoms with van der Waals surface area (Å²) in [6.45, 7) is 0. The lowest BCUT2D eigenvalue weighted by Crippen LogP contribution is -1.99. The van der Waals surface area contributed by atoms with E-state index in [1.165, 1.54) is 12.3 Å². The molecule has 0 spiro atoms. The topological polar surface area (TPSA) is 38.9 Å². The Hall–Kier alpha value is -0.460. The SMILES string of the molecule is Nc1ccnc(I)c1C(F)F. The number of aromatic nitrogens is 1. The molecule has 0 atom stereocenters. The molecular weight excluding hydrogens is 265 g/mol. The smallest absolute Gasteiger partial charge is 0.268 e. The molecule has 0 saturated carbocycles. The first-order valence-electron chi connectivity index (χ1n) is 2.81. The van der Waals surface area contributed by atoms with Gasteiger partial charge in [-0.05, 0) is 28.7 Å². The van der Waals surface area contributed by atoms with Gasteiger partial charge in [0.25, 0.3) is 6.43 Å². The highest BCUT2D eigenvalue weighted by Crippen LogP contribution is 2.27. The summed E-state index contributed by atoms with van der Waals surface area (Å²) in [5, 5.41) is 0. The molecule has 0 unspecified atom stereocenters.